The summed E-state index contributed by atoms with van der Waals surface area (Å²) in [5.74, 6) is 1.96. The van der Waals surface area contributed by atoms with E-state index in [4.69, 9.17) is 14.2 Å². The number of para-hydroxylation sites is 1. The second-order valence-corrected chi connectivity index (χ2v) is 5.19. The van der Waals surface area contributed by atoms with E-state index in [1.54, 1.807) is 38.3 Å². The lowest BCUT2D eigenvalue weighted by atomic mass is 10.2. The second kappa shape index (κ2) is 8.82. The van der Waals surface area contributed by atoms with Crippen molar-refractivity contribution in [2.75, 3.05) is 13.7 Å². The lowest BCUT2D eigenvalue weighted by molar-refractivity contribution is -0.127. The zero-order valence-corrected chi connectivity index (χ0v) is 14.2. The van der Waals surface area contributed by atoms with Crippen LogP contribution >= 0.6 is 0 Å². The molecule has 5 heteroatoms. The maximum Gasteiger partial charge on any atom is 0.261 e. The molecule has 2 rings (SSSR count). The molecular formula is C19H23NO4. The van der Waals surface area contributed by atoms with Crippen LogP contribution in [-0.4, -0.2) is 25.7 Å². The summed E-state index contributed by atoms with van der Waals surface area (Å²) >= 11 is 0. The highest BCUT2D eigenvalue weighted by Crippen LogP contribution is 2.19. The minimum absolute atomic E-state index is 0.183. The molecule has 0 saturated heterocycles. The molecule has 0 bridgehead atoms. The first kappa shape index (κ1) is 17.7. The Balaban J connectivity index is 1.89. The Hall–Kier alpha value is -2.69. The third-order valence-electron chi connectivity index (χ3n) is 3.47. The molecule has 0 spiro atoms. The van der Waals surface area contributed by atoms with Gasteiger partial charge in [-0.1, -0.05) is 18.2 Å². The fourth-order valence-corrected chi connectivity index (χ4v) is 2.18. The van der Waals surface area contributed by atoms with E-state index >= 15 is 0 Å². The summed E-state index contributed by atoms with van der Waals surface area (Å²) in [4.78, 5) is 12.2. The van der Waals surface area contributed by atoms with Crippen molar-refractivity contribution < 1.29 is 19.0 Å². The van der Waals surface area contributed by atoms with Crippen LogP contribution in [-0.2, 0) is 11.3 Å². The largest absolute Gasteiger partial charge is 0.497 e. The first-order valence-electron chi connectivity index (χ1n) is 7.93. The van der Waals surface area contributed by atoms with Crippen LogP contribution in [0.2, 0.25) is 0 Å². The van der Waals surface area contributed by atoms with Crippen molar-refractivity contribution in [1.29, 1.82) is 0 Å². The number of rotatable bonds is 8. The predicted molar refractivity (Wildman–Crippen MR) is 92.5 cm³/mol. The van der Waals surface area contributed by atoms with Crippen LogP contribution < -0.4 is 19.5 Å². The highest BCUT2D eigenvalue weighted by Gasteiger charge is 2.15. The van der Waals surface area contributed by atoms with Gasteiger partial charge in [0.15, 0.2) is 6.10 Å². The summed E-state index contributed by atoms with van der Waals surface area (Å²) in [5, 5.41) is 2.87. The van der Waals surface area contributed by atoms with Gasteiger partial charge < -0.3 is 19.5 Å². The van der Waals surface area contributed by atoms with E-state index in [-0.39, 0.29) is 5.91 Å². The average molecular weight is 329 g/mol. The topological polar surface area (TPSA) is 56.8 Å². The number of hydrogen-bond donors (Lipinski definition) is 1. The van der Waals surface area contributed by atoms with Crippen molar-refractivity contribution in [3.63, 3.8) is 0 Å². The minimum Gasteiger partial charge on any atom is -0.497 e. The van der Waals surface area contributed by atoms with Crippen LogP contribution in [0.1, 0.15) is 19.4 Å². The number of hydrogen-bond acceptors (Lipinski definition) is 4. The maximum atomic E-state index is 12.2. The number of amides is 1. The molecule has 0 aromatic heterocycles. The summed E-state index contributed by atoms with van der Waals surface area (Å²) in [5.41, 5.74) is 0.935. The molecule has 2 aromatic carbocycles. The predicted octanol–water partition coefficient (Wildman–Crippen LogP) is 3.18. The summed E-state index contributed by atoms with van der Waals surface area (Å²) in [6.07, 6.45) is -0.599. The van der Waals surface area contributed by atoms with Crippen molar-refractivity contribution in [3.05, 3.63) is 54.1 Å². The highest BCUT2D eigenvalue weighted by molar-refractivity contribution is 5.80. The van der Waals surface area contributed by atoms with E-state index < -0.39 is 6.10 Å². The molecule has 0 aliphatic carbocycles. The molecule has 0 aliphatic rings. The van der Waals surface area contributed by atoms with Crippen molar-refractivity contribution >= 4 is 5.91 Å². The molecule has 0 aliphatic heterocycles. The van der Waals surface area contributed by atoms with Crippen molar-refractivity contribution in [2.45, 2.75) is 26.5 Å². The van der Waals surface area contributed by atoms with Gasteiger partial charge in [-0.3, -0.25) is 4.79 Å². The molecule has 5 nitrogen and oxygen atoms in total. The Morgan fingerprint density at radius 1 is 1.08 bits per heavy atom. The molecule has 0 heterocycles. The van der Waals surface area contributed by atoms with Gasteiger partial charge >= 0.3 is 0 Å². The zero-order valence-electron chi connectivity index (χ0n) is 14.2. The minimum atomic E-state index is -0.599. The molecule has 1 amide bonds. The third-order valence-corrected chi connectivity index (χ3v) is 3.47. The van der Waals surface area contributed by atoms with Gasteiger partial charge in [-0.2, -0.15) is 0 Å². The number of carbonyl (C=O) groups excluding carboxylic acids is 1. The average Bonchev–Trinajstić information content (AvgIpc) is 2.61. The second-order valence-electron chi connectivity index (χ2n) is 5.19. The quantitative estimate of drug-likeness (QED) is 0.808. The Morgan fingerprint density at radius 3 is 2.42 bits per heavy atom. The molecule has 128 valence electrons. The summed E-state index contributed by atoms with van der Waals surface area (Å²) in [7, 11) is 1.60. The number of benzene rings is 2. The van der Waals surface area contributed by atoms with E-state index in [2.05, 4.69) is 5.32 Å². The monoisotopic (exact) mass is 329 g/mol. The Morgan fingerprint density at radius 2 is 1.75 bits per heavy atom. The lowest BCUT2D eigenvalue weighted by Crippen LogP contribution is -2.36. The number of ether oxygens (including phenoxy) is 3. The normalized spacial score (nSPS) is 11.5. The zero-order chi connectivity index (χ0) is 17.4. The van der Waals surface area contributed by atoms with E-state index in [0.29, 0.717) is 18.9 Å². The SMILES string of the molecule is CCOc1ccccc1CNC(=O)C(C)Oc1ccc(OC)cc1. The van der Waals surface area contributed by atoms with Gasteiger partial charge in [-0.25, -0.2) is 0 Å². The molecular weight excluding hydrogens is 306 g/mol. The van der Waals surface area contributed by atoms with Crippen LogP contribution in [0, 0.1) is 0 Å². The number of methoxy groups -OCH3 is 1. The van der Waals surface area contributed by atoms with Crippen LogP contribution in [0.25, 0.3) is 0 Å². The van der Waals surface area contributed by atoms with Crippen molar-refractivity contribution in [2.24, 2.45) is 0 Å². The van der Waals surface area contributed by atoms with Gasteiger partial charge in [-0.15, -0.1) is 0 Å². The third kappa shape index (κ3) is 4.91. The maximum absolute atomic E-state index is 12.2. The highest BCUT2D eigenvalue weighted by atomic mass is 16.5. The van der Waals surface area contributed by atoms with Gasteiger partial charge in [0.2, 0.25) is 0 Å². The molecule has 0 saturated carbocycles. The molecule has 0 fully saturated rings. The van der Waals surface area contributed by atoms with E-state index in [1.807, 2.05) is 31.2 Å². The Bertz CT molecular complexity index is 655. The molecule has 1 atom stereocenters. The summed E-state index contributed by atoms with van der Waals surface area (Å²) < 4.78 is 16.3. The van der Waals surface area contributed by atoms with E-state index in [9.17, 15) is 4.79 Å². The Labute approximate surface area is 142 Å². The first-order valence-corrected chi connectivity index (χ1v) is 7.93. The van der Waals surface area contributed by atoms with Gasteiger partial charge in [-0.05, 0) is 44.2 Å². The van der Waals surface area contributed by atoms with Gasteiger partial charge in [0.05, 0.1) is 13.7 Å². The van der Waals surface area contributed by atoms with Crippen molar-refractivity contribution in [3.8, 4) is 17.2 Å². The molecule has 2 aromatic rings. The van der Waals surface area contributed by atoms with Gasteiger partial charge in [0.25, 0.3) is 5.91 Å². The van der Waals surface area contributed by atoms with Gasteiger partial charge in [0.1, 0.15) is 17.2 Å². The Kier molecular flexibility index (Phi) is 6.49. The van der Waals surface area contributed by atoms with Crippen LogP contribution in [0.4, 0.5) is 0 Å². The molecule has 1 unspecified atom stereocenters. The van der Waals surface area contributed by atoms with Crippen LogP contribution in [0.3, 0.4) is 0 Å². The number of carbonyl (C=O) groups is 1. The smallest absolute Gasteiger partial charge is 0.261 e. The lowest BCUT2D eigenvalue weighted by Gasteiger charge is -2.16. The van der Waals surface area contributed by atoms with E-state index in [1.165, 1.54) is 0 Å². The molecule has 0 radical (unpaired) electrons. The van der Waals surface area contributed by atoms with Gasteiger partial charge in [0, 0.05) is 12.1 Å². The van der Waals surface area contributed by atoms with Crippen molar-refractivity contribution in [1.82, 2.24) is 5.32 Å². The number of nitrogens with one attached hydrogen (secondary N) is 1. The fraction of sp³-hybridized carbons (Fsp3) is 0.316. The molecule has 24 heavy (non-hydrogen) atoms. The first-order chi connectivity index (χ1) is 11.6. The van der Waals surface area contributed by atoms with Crippen LogP contribution in [0.5, 0.6) is 17.2 Å². The van der Waals surface area contributed by atoms with Crippen LogP contribution in [0.15, 0.2) is 48.5 Å². The summed E-state index contributed by atoms with van der Waals surface area (Å²) in [6, 6.07) is 14.8. The van der Waals surface area contributed by atoms with E-state index in [0.717, 1.165) is 17.1 Å². The fourth-order valence-electron chi connectivity index (χ4n) is 2.18. The molecule has 1 N–H and O–H groups in total. The standard InChI is InChI=1S/C19H23NO4/c1-4-23-18-8-6-5-7-15(18)13-20-19(21)14(2)24-17-11-9-16(22-3)10-12-17/h5-12,14H,4,13H2,1-3H3,(H,20,21). The summed E-state index contributed by atoms with van der Waals surface area (Å²) in [6.45, 7) is 4.63.